The summed E-state index contributed by atoms with van der Waals surface area (Å²) in [6.07, 6.45) is 0.665. The second-order valence-corrected chi connectivity index (χ2v) is 9.07. The van der Waals surface area contributed by atoms with Crippen molar-refractivity contribution in [3.63, 3.8) is 0 Å². The maximum atomic E-state index is 13.2. The number of ether oxygens (including phenoxy) is 2. The molecule has 1 aliphatic heterocycles. The van der Waals surface area contributed by atoms with Gasteiger partial charge in [-0.3, -0.25) is 14.1 Å². The Bertz CT molecular complexity index is 1450. The molecule has 2 aromatic rings. The van der Waals surface area contributed by atoms with Crippen LogP contribution in [0.5, 0.6) is 11.5 Å². The summed E-state index contributed by atoms with van der Waals surface area (Å²) in [6.45, 7) is 2.60. The van der Waals surface area contributed by atoms with Crippen molar-refractivity contribution in [2.45, 2.75) is 24.5 Å². The molecule has 13 heteroatoms. The number of hydrogen-bond donors (Lipinski definition) is 4. The van der Waals surface area contributed by atoms with Gasteiger partial charge in [0.25, 0.3) is 5.79 Å². The van der Waals surface area contributed by atoms with E-state index in [1.165, 1.54) is 38.1 Å². The molecular weight excluding hydrogens is 474 g/mol. The van der Waals surface area contributed by atoms with E-state index in [2.05, 4.69) is 5.32 Å². The fourth-order valence-corrected chi connectivity index (χ4v) is 4.30. The summed E-state index contributed by atoms with van der Waals surface area (Å²) in [5.41, 5.74) is -3.23. The molecule has 2 aromatic carbocycles. The number of ketones is 2. The molecule has 34 heavy (non-hydrogen) atoms. The van der Waals surface area contributed by atoms with Gasteiger partial charge >= 0.3 is 22.1 Å². The van der Waals surface area contributed by atoms with Crippen molar-refractivity contribution < 1.29 is 51.8 Å². The highest BCUT2D eigenvalue weighted by atomic mass is 32.2. The van der Waals surface area contributed by atoms with Crippen LogP contribution in [0.2, 0.25) is 0 Å². The largest absolute Gasteiger partial charge is 0.506 e. The molecule has 1 heterocycles. The zero-order valence-corrected chi connectivity index (χ0v) is 18.2. The average Bonchev–Trinajstić information content (AvgIpc) is 2.70. The number of carbonyl (C=O) groups is 4. The van der Waals surface area contributed by atoms with Crippen LogP contribution < -0.4 is 5.32 Å². The van der Waals surface area contributed by atoms with Crippen LogP contribution in [0.3, 0.4) is 0 Å². The number of esters is 2. The third kappa shape index (κ3) is 3.47. The van der Waals surface area contributed by atoms with E-state index in [-0.39, 0.29) is 11.1 Å². The Balaban J connectivity index is 1.97. The van der Waals surface area contributed by atoms with Crippen molar-refractivity contribution in [2.75, 3.05) is 5.32 Å². The molecule has 0 unspecified atom stereocenters. The molecule has 0 atom stereocenters. The van der Waals surface area contributed by atoms with Gasteiger partial charge < -0.3 is 25.0 Å². The van der Waals surface area contributed by atoms with Crippen molar-refractivity contribution in [2.24, 2.45) is 0 Å². The fourth-order valence-electron chi connectivity index (χ4n) is 3.61. The van der Waals surface area contributed by atoms with Crippen molar-refractivity contribution in [3.8, 4) is 11.5 Å². The molecule has 2 aliphatic rings. The maximum Gasteiger partial charge on any atom is 0.350 e. The summed E-state index contributed by atoms with van der Waals surface area (Å²) in [5.74, 6) is -8.38. The Labute approximate surface area is 191 Å². The summed E-state index contributed by atoms with van der Waals surface area (Å²) in [4.78, 5) is 49.1. The van der Waals surface area contributed by atoms with Gasteiger partial charge in [-0.25, -0.2) is 9.59 Å². The zero-order valence-electron chi connectivity index (χ0n) is 17.4. The Morgan fingerprint density at radius 3 is 1.88 bits per heavy atom. The number of nitrogens with one attached hydrogen (secondary N) is 1. The number of phenolic OH excluding ortho intramolecular Hbond substituents is 2. The van der Waals surface area contributed by atoms with Crippen molar-refractivity contribution >= 4 is 39.3 Å². The lowest BCUT2D eigenvalue weighted by atomic mass is 9.82. The highest BCUT2D eigenvalue weighted by molar-refractivity contribution is 7.86. The lowest BCUT2D eigenvalue weighted by molar-refractivity contribution is -0.222. The van der Waals surface area contributed by atoms with Gasteiger partial charge in [-0.15, -0.1) is 0 Å². The molecule has 0 amide bonds. The predicted octanol–water partition coefficient (Wildman–Crippen LogP) is 1.25. The number of rotatable bonds is 3. The van der Waals surface area contributed by atoms with Gasteiger partial charge in [0.05, 0.1) is 16.8 Å². The van der Waals surface area contributed by atoms with Gasteiger partial charge in [-0.05, 0) is 0 Å². The SMILES string of the molecule is CC1(C)OC(=O)C(=CNc2c(O)c(S(=O)(=O)O)c(O)c3c2C(=O)c2ccccc2C3=O)C(=O)O1. The van der Waals surface area contributed by atoms with E-state index in [4.69, 9.17) is 9.47 Å². The first kappa shape index (κ1) is 22.9. The minimum Gasteiger partial charge on any atom is -0.506 e. The van der Waals surface area contributed by atoms with E-state index in [0.29, 0.717) is 6.20 Å². The molecule has 1 saturated heterocycles. The van der Waals surface area contributed by atoms with Crippen LogP contribution in [-0.4, -0.2) is 52.5 Å². The molecule has 12 nitrogen and oxygen atoms in total. The van der Waals surface area contributed by atoms with Crippen LogP contribution in [-0.2, 0) is 29.2 Å². The van der Waals surface area contributed by atoms with E-state index in [9.17, 15) is 42.4 Å². The molecule has 0 saturated carbocycles. The van der Waals surface area contributed by atoms with Gasteiger partial charge in [-0.2, -0.15) is 8.42 Å². The monoisotopic (exact) mass is 489 g/mol. The third-order valence-corrected chi connectivity index (χ3v) is 5.91. The average molecular weight is 489 g/mol. The first-order valence-corrected chi connectivity index (χ1v) is 10.9. The number of carbonyl (C=O) groups excluding carboxylic acids is 4. The molecular formula is C21H15NO11S. The molecule has 1 aliphatic carbocycles. The zero-order chi connectivity index (χ0) is 25.2. The van der Waals surface area contributed by atoms with Crippen LogP contribution in [0, 0.1) is 0 Å². The second kappa shape index (κ2) is 7.40. The van der Waals surface area contributed by atoms with Crippen LogP contribution in [0.1, 0.15) is 45.7 Å². The number of fused-ring (bicyclic) bond motifs is 2. The number of hydrogen-bond acceptors (Lipinski definition) is 11. The van der Waals surface area contributed by atoms with E-state index < -0.39 is 78.2 Å². The second-order valence-electron chi connectivity index (χ2n) is 7.71. The van der Waals surface area contributed by atoms with E-state index >= 15 is 0 Å². The van der Waals surface area contributed by atoms with E-state index in [1.807, 2.05) is 0 Å². The third-order valence-electron chi connectivity index (χ3n) is 5.01. The quantitative estimate of drug-likeness (QED) is 0.103. The highest BCUT2D eigenvalue weighted by Gasteiger charge is 2.42. The predicted molar refractivity (Wildman–Crippen MR) is 111 cm³/mol. The van der Waals surface area contributed by atoms with Gasteiger partial charge in [0.1, 0.15) is 0 Å². The van der Waals surface area contributed by atoms with E-state index in [0.717, 1.165) is 0 Å². The summed E-state index contributed by atoms with van der Waals surface area (Å²) in [5, 5.41) is 23.3. The molecule has 0 aromatic heterocycles. The number of phenols is 2. The van der Waals surface area contributed by atoms with E-state index in [1.54, 1.807) is 0 Å². The molecule has 4 rings (SSSR count). The summed E-state index contributed by atoms with van der Waals surface area (Å²) in [6, 6.07) is 5.44. The normalized spacial score (nSPS) is 16.9. The Morgan fingerprint density at radius 2 is 1.38 bits per heavy atom. The van der Waals surface area contributed by atoms with Gasteiger partial charge in [0.15, 0.2) is 33.5 Å². The number of benzene rings is 2. The first-order chi connectivity index (χ1) is 15.7. The maximum absolute atomic E-state index is 13.2. The standard InChI is InChI=1S/C21H15NO11S/c1-21(2)32-19(27)10(20(28)33-21)7-22-13-11-12(16(25)18(17(13)26)34(29,30)31)15(24)9-6-4-3-5-8(9)14(11)23/h3-7,22,25-26H,1-2H3,(H,29,30,31). The van der Waals surface area contributed by atoms with Crippen molar-refractivity contribution in [1.29, 1.82) is 0 Å². The van der Waals surface area contributed by atoms with Gasteiger partial charge in [0, 0.05) is 31.2 Å². The van der Waals surface area contributed by atoms with Gasteiger partial charge in [-0.1, -0.05) is 24.3 Å². The van der Waals surface area contributed by atoms with Crippen molar-refractivity contribution in [3.05, 3.63) is 58.3 Å². The van der Waals surface area contributed by atoms with Crippen LogP contribution in [0.4, 0.5) is 5.69 Å². The fraction of sp³-hybridized carbons (Fsp3) is 0.143. The minimum absolute atomic E-state index is 0.118. The molecule has 1 fully saturated rings. The van der Waals surface area contributed by atoms with Crippen LogP contribution in [0.25, 0.3) is 0 Å². The van der Waals surface area contributed by atoms with Crippen LogP contribution in [0.15, 0.2) is 40.9 Å². The van der Waals surface area contributed by atoms with Crippen LogP contribution >= 0.6 is 0 Å². The summed E-state index contributed by atoms with van der Waals surface area (Å²) in [7, 11) is -5.33. The molecule has 0 bridgehead atoms. The molecule has 0 radical (unpaired) electrons. The number of cyclic esters (lactones) is 2. The smallest absolute Gasteiger partial charge is 0.350 e. The number of aromatic hydroxyl groups is 2. The molecule has 0 spiro atoms. The Hall–Kier alpha value is -4.23. The first-order valence-electron chi connectivity index (χ1n) is 9.45. The lowest BCUT2D eigenvalue weighted by Gasteiger charge is -2.30. The summed E-state index contributed by atoms with van der Waals surface area (Å²) >= 11 is 0. The Kier molecular flexibility index (Phi) is 4.99. The Morgan fingerprint density at radius 1 is 0.882 bits per heavy atom. The topological polar surface area (TPSA) is 194 Å². The van der Waals surface area contributed by atoms with Crippen molar-refractivity contribution in [1.82, 2.24) is 0 Å². The highest BCUT2D eigenvalue weighted by Crippen LogP contribution is 2.47. The molecule has 176 valence electrons. The van der Waals surface area contributed by atoms with Gasteiger partial charge in [0.2, 0.25) is 0 Å². The summed E-state index contributed by atoms with van der Waals surface area (Å²) < 4.78 is 43.1. The number of anilines is 1. The lowest BCUT2D eigenvalue weighted by Crippen LogP contribution is -2.42. The minimum atomic E-state index is -5.33. The molecule has 4 N–H and O–H groups in total.